The molecule has 21 heavy (non-hydrogen) atoms. The van der Waals surface area contributed by atoms with Crippen LogP contribution in [0.1, 0.15) is 12.0 Å². The van der Waals surface area contributed by atoms with Gasteiger partial charge in [0.2, 0.25) is 11.8 Å². The molecule has 0 aliphatic carbocycles. The number of likely N-dealkylation sites (tertiary alicyclic amines) is 1. The maximum atomic E-state index is 12.2. The van der Waals surface area contributed by atoms with Gasteiger partial charge in [-0.1, -0.05) is 34.1 Å². The van der Waals surface area contributed by atoms with Crippen molar-refractivity contribution in [2.45, 2.75) is 13.0 Å². The zero-order valence-electron chi connectivity index (χ0n) is 12.0. The van der Waals surface area contributed by atoms with E-state index in [1.54, 1.807) is 12.0 Å². The summed E-state index contributed by atoms with van der Waals surface area (Å²) >= 11 is 3.45. The Labute approximate surface area is 132 Å². The monoisotopic (exact) mass is 354 g/mol. The van der Waals surface area contributed by atoms with Gasteiger partial charge in [0.05, 0.1) is 12.5 Å². The standard InChI is InChI=1S/C15H19BrN2O3/c1-21-7-6-18-10-12(8-14(18)19)15(20)17-9-11-4-2-3-5-13(11)16/h2-5,12H,6-10H2,1H3,(H,17,20)/t12-/m1/s1. The summed E-state index contributed by atoms with van der Waals surface area (Å²) < 4.78 is 5.93. The molecule has 2 amide bonds. The van der Waals surface area contributed by atoms with Crippen molar-refractivity contribution in [3.63, 3.8) is 0 Å². The zero-order valence-corrected chi connectivity index (χ0v) is 13.6. The highest BCUT2D eigenvalue weighted by Crippen LogP contribution is 2.19. The van der Waals surface area contributed by atoms with Gasteiger partial charge in [0.1, 0.15) is 0 Å². The van der Waals surface area contributed by atoms with Crippen molar-refractivity contribution in [1.82, 2.24) is 10.2 Å². The van der Waals surface area contributed by atoms with Crippen molar-refractivity contribution in [2.75, 3.05) is 26.8 Å². The topological polar surface area (TPSA) is 58.6 Å². The minimum atomic E-state index is -0.267. The molecule has 0 spiro atoms. The van der Waals surface area contributed by atoms with E-state index in [-0.39, 0.29) is 24.2 Å². The number of ether oxygens (including phenoxy) is 1. The molecule has 1 aromatic rings. The Balaban J connectivity index is 1.84. The number of hydrogen-bond acceptors (Lipinski definition) is 3. The van der Waals surface area contributed by atoms with Gasteiger partial charge in [-0.05, 0) is 11.6 Å². The van der Waals surface area contributed by atoms with Crippen molar-refractivity contribution in [2.24, 2.45) is 5.92 Å². The average Bonchev–Trinajstić information content (AvgIpc) is 2.85. The number of amides is 2. The fraction of sp³-hybridized carbons (Fsp3) is 0.467. The number of carbonyl (C=O) groups excluding carboxylic acids is 2. The third-order valence-corrected chi connectivity index (χ3v) is 4.34. The van der Waals surface area contributed by atoms with Gasteiger partial charge >= 0.3 is 0 Å². The van der Waals surface area contributed by atoms with E-state index in [2.05, 4.69) is 21.2 Å². The molecule has 1 aromatic carbocycles. The quantitative estimate of drug-likeness (QED) is 0.843. The highest BCUT2D eigenvalue weighted by Gasteiger charge is 2.33. The van der Waals surface area contributed by atoms with E-state index >= 15 is 0 Å². The van der Waals surface area contributed by atoms with Gasteiger partial charge in [0.15, 0.2) is 0 Å². The molecule has 1 saturated heterocycles. The molecule has 0 unspecified atom stereocenters. The van der Waals surface area contributed by atoms with Gasteiger partial charge in [-0.25, -0.2) is 0 Å². The van der Waals surface area contributed by atoms with Crippen LogP contribution in [-0.4, -0.2) is 43.5 Å². The van der Waals surface area contributed by atoms with Crippen LogP contribution in [0.15, 0.2) is 28.7 Å². The Morgan fingerprint density at radius 1 is 1.48 bits per heavy atom. The number of carbonyl (C=O) groups is 2. The van der Waals surface area contributed by atoms with Crippen molar-refractivity contribution in [1.29, 1.82) is 0 Å². The van der Waals surface area contributed by atoms with Crippen LogP contribution in [0, 0.1) is 5.92 Å². The van der Waals surface area contributed by atoms with Crippen LogP contribution >= 0.6 is 15.9 Å². The number of methoxy groups -OCH3 is 1. The van der Waals surface area contributed by atoms with Crippen molar-refractivity contribution >= 4 is 27.7 Å². The van der Waals surface area contributed by atoms with Crippen LogP contribution in [0.25, 0.3) is 0 Å². The Hall–Kier alpha value is -1.40. The molecule has 0 saturated carbocycles. The molecule has 2 rings (SSSR count). The highest BCUT2D eigenvalue weighted by atomic mass is 79.9. The Bertz CT molecular complexity index is 521. The lowest BCUT2D eigenvalue weighted by atomic mass is 10.1. The third kappa shape index (κ3) is 4.28. The summed E-state index contributed by atoms with van der Waals surface area (Å²) in [5.74, 6) is -0.316. The predicted molar refractivity (Wildman–Crippen MR) is 82.6 cm³/mol. The van der Waals surface area contributed by atoms with Crippen LogP contribution in [0.4, 0.5) is 0 Å². The summed E-state index contributed by atoms with van der Waals surface area (Å²) in [5, 5.41) is 2.90. The number of hydrogen-bond donors (Lipinski definition) is 1. The van der Waals surface area contributed by atoms with Gasteiger partial charge in [-0.15, -0.1) is 0 Å². The molecule has 6 heteroatoms. The van der Waals surface area contributed by atoms with Crippen molar-refractivity contribution in [3.8, 4) is 0 Å². The molecule has 1 N–H and O–H groups in total. The van der Waals surface area contributed by atoms with E-state index in [0.29, 0.717) is 26.2 Å². The van der Waals surface area contributed by atoms with Gasteiger partial charge in [0, 0.05) is 37.6 Å². The SMILES string of the molecule is COCCN1C[C@H](C(=O)NCc2ccccc2Br)CC1=O. The summed E-state index contributed by atoms with van der Waals surface area (Å²) in [7, 11) is 1.60. The van der Waals surface area contributed by atoms with Gasteiger partial charge in [-0.2, -0.15) is 0 Å². The predicted octanol–water partition coefficient (Wildman–Crippen LogP) is 1.56. The maximum Gasteiger partial charge on any atom is 0.225 e. The second-order valence-electron chi connectivity index (χ2n) is 5.04. The van der Waals surface area contributed by atoms with Crippen LogP contribution in [0.5, 0.6) is 0 Å². The number of nitrogens with zero attached hydrogens (tertiary/aromatic N) is 1. The number of benzene rings is 1. The molecule has 0 aromatic heterocycles. The summed E-state index contributed by atoms with van der Waals surface area (Å²) in [6.45, 7) is 1.98. The largest absolute Gasteiger partial charge is 0.383 e. The maximum absolute atomic E-state index is 12.2. The van der Waals surface area contributed by atoms with E-state index in [4.69, 9.17) is 4.74 Å². The Kier molecular flexibility index (Phi) is 5.76. The van der Waals surface area contributed by atoms with Crippen LogP contribution in [0.3, 0.4) is 0 Å². The first-order chi connectivity index (χ1) is 10.1. The molecule has 1 fully saturated rings. The summed E-state index contributed by atoms with van der Waals surface area (Å²) in [6.07, 6.45) is 0.283. The van der Waals surface area contributed by atoms with Crippen LogP contribution in [0.2, 0.25) is 0 Å². The van der Waals surface area contributed by atoms with Gasteiger partial charge in [-0.3, -0.25) is 9.59 Å². The van der Waals surface area contributed by atoms with Crippen molar-refractivity contribution in [3.05, 3.63) is 34.3 Å². The minimum absolute atomic E-state index is 0.0214. The lowest BCUT2D eigenvalue weighted by Gasteiger charge is -2.16. The molecule has 5 nitrogen and oxygen atoms in total. The number of halogens is 1. The minimum Gasteiger partial charge on any atom is -0.383 e. The van der Waals surface area contributed by atoms with E-state index in [1.807, 2.05) is 24.3 Å². The average molecular weight is 355 g/mol. The smallest absolute Gasteiger partial charge is 0.225 e. The summed E-state index contributed by atoms with van der Waals surface area (Å²) in [6, 6.07) is 7.75. The van der Waals surface area contributed by atoms with Crippen LogP contribution in [-0.2, 0) is 20.9 Å². The molecule has 1 atom stereocenters. The molecular weight excluding hydrogens is 336 g/mol. The molecule has 114 valence electrons. The zero-order chi connectivity index (χ0) is 15.2. The Morgan fingerprint density at radius 3 is 2.95 bits per heavy atom. The van der Waals surface area contributed by atoms with Gasteiger partial charge < -0.3 is 15.0 Å². The first-order valence-electron chi connectivity index (χ1n) is 6.89. The van der Waals surface area contributed by atoms with E-state index in [9.17, 15) is 9.59 Å². The Morgan fingerprint density at radius 2 is 2.24 bits per heavy atom. The molecular formula is C15H19BrN2O3. The fourth-order valence-corrected chi connectivity index (χ4v) is 2.76. The lowest BCUT2D eigenvalue weighted by molar-refractivity contribution is -0.129. The van der Waals surface area contributed by atoms with E-state index in [1.165, 1.54) is 0 Å². The molecule has 1 heterocycles. The molecule has 1 aliphatic rings. The van der Waals surface area contributed by atoms with Crippen LogP contribution < -0.4 is 5.32 Å². The molecule has 1 aliphatic heterocycles. The summed E-state index contributed by atoms with van der Waals surface area (Å²) in [4.78, 5) is 25.7. The van der Waals surface area contributed by atoms with E-state index in [0.717, 1.165) is 10.0 Å². The second-order valence-corrected chi connectivity index (χ2v) is 5.90. The normalized spacial score (nSPS) is 18.1. The molecule has 0 bridgehead atoms. The van der Waals surface area contributed by atoms with Crippen molar-refractivity contribution < 1.29 is 14.3 Å². The third-order valence-electron chi connectivity index (χ3n) is 3.56. The highest BCUT2D eigenvalue weighted by molar-refractivity contribution is 9.10. The van der Waals surface area contributed by atoms with E-state index < -0.39 is 0 Å². The van der Waals surface area contributed by atoms with Gasteiger partial charge in [0.25, 0.3) is 0 Å². The first-order valence-corrected chi connectivity index (χ1v) is 7.69. The number of rotatable bonds is 6. The molecule has 0 radical (unpaired) electrons. The first kappa shape index (κ1) is 16.0. The number of nitrogens with one attached hydrogen (secondary N) is 1. The fourth-order valence-electron chi connectivity index (χ4n) is 2.33. The summed E-state index contributed by atoms with van der Waals surface area (Å²) in [5.41, 5.74) is 1.02. The lowest BCUT2D eigenvalue weighted by Crippen LogP contribution is -2.33. The second kappa shape index (κ2) is 7.56.